The Hall–Kier alpha value is -2.14. The summed E-state index contributed by atoms with van der Waals surface area (Å²) in [4.78, 5) is 11.0. The van der Waals surface area contributed by atoms with Gasteiger partial charge in [-0.05, 0) is 51.0 Å². The minimum Gasteiger partial charge on any atom is -0.491 e. The van der Waals surface area contributed by atoms with Crippen molar-refractivity contribution in [2.75, 3.05) is 24.6 Å². The number of ether oxygens (including phenoxy) is 1. The second-order valence-electron chi connectivity index (χ2n) is 6.45. The lowest BCUT2D eigenvalue weighted by molar-refractivity contribution is 0.0144. The predicted octanol–water partition coefficient (Wildman–Crippen LogP) is 2.42. The van der Waals surface area contributed by atoms with Crippen LogP contribution in [0.2, 0.25) is 0 Å². The van der Waals surface area contributed by atoms with Gasteiger partial charge >= 0.3 is 0 Å². The number of nitrogens with zero attached hydrogens (tertiary/aromatic N) is 3. The molecule has 1 aromatic heterocycles. The average Bonchev–Trinajstić information content (AvgIpc) is 2.88. The Kier molecular flexibility index (Phi) is 4.22. The van der Waals surface area contributed by atoms with Crippen LogP contribution in [0.4, 0.5) is 5.95 Å². The number of hydrogen-bond donors (Lipinski definition) is 1. The average molecular weight is 313 g/mol. The molecule has 1 aromatic carbocycles. The molecule has 5 heteroatoms. The lowest BCUT2D eigenvalue weighted by Gasteiger charge is -2.24. The van der Waals surface area contributed by atoms with Crippen molar-refractivity contribution in [1.82, 2.24) is 9.97 Å². The first-order valence-electron chi connectivity index (χ1n) is 7.93. The van der Waals surface area contributed by atoms with Crippen LogP contribution in [0, 0.1) is 20.8 Å². The quantitative estimate of drug-likeness (QED) is 0.939. The normalized spacial score (nSPS) is 20.8. The summed E-state index contributed by atoms with van der Waals surface area (Å²) in [5, 5.41) is 10.8. The fraction of sp³-hybridized carbons (Fsp3) is 0.444. The van der Waals surface area contributed by atoms with Crippen molar-refractivity contribution >= 4 is 5.95 Å². The van der Waals surface area contributed by atoms with Crippen molar-refractivity contribution in [3.8, 4) is 5.75 Å². The van der Waals surface area contributed by atoms with E-state index in [1.165, 1.54) is 0 Å². The Morgan fingerprint density at radius 1 is 1.17 bits per heavy atom. The third kappa shape index (κ3) is 3.79. The SMILES string of the molecule is Cc1cccc(OC[C@@]2(O)CCN(c3nc(C)cc(C)n3)C2)c1. The molecule has 1 saturated heterocycles. The first kappa shape index (κ1) is 15.7. The van der Waals surface area contributed by atoms with Gasteiger partial charge in [0.15, 0.2) is 0 Å². The smallest absolute Gasteiger partial charge is 0.225 e. The van der Waals surface area contributed by atoms with Gasteiger partial charge in [0.25, 0.3) is 0 Å². The number of benzene rings is 1. The number of hydrogen-bond acceptors (Lipinski definition) is 5. The van der Waals surface area contributed by atoms with Crippen LogP contribution in [0.15, 0.2) is 30.3 Å². The predicted molar refractivity (Wildman–Crippen MR) is 90.0 cm³/mol. The van der Waals surface area contributed by atoms with Crippen molar-refractivity contribution in [2.24, 2.45) is 0 Å². The van der Waals surface area contributed by atoms with Gasteiger partial charge in [-0.2, -0.15) is 0 Å². The van der Waals surface area contributed by atoms with E-state index in [9.17, 15) is 5.11 Å². The lowest BCUT2D eigenvalue weighted by Crippen LogP contribution is -2.39. The van der Waals surface area contributed by atoms with Gasteiger partial charge in [-0.15, -0.1) is 0 Å². The van der Waals surface area contributed by atoms with Crippen LogP contribution in [-0.4, -0.2) is 40.4 Å². The van der Waals surface area contributed by atoms with E-state index < -0.39 is 5.60 Å². The molecule has 5 nitrogen and oxygen atoms in total. The van der Waals surface area contributed by atoms with E-state index in [0.29, 0.717) is 18.9 Å². The molecule has 0 aliphatic carbocycles. The molecule has 3 rings (SSSR count). The Labute approximate surface area is 137 Å². The van der Waals surface area contributed by atoms with Crippen LogP contribution in [0.1, 0.15) is 23.4 Å². The monoisotopic (exact) mass is 313 g/mol. The number of anilines is 1. The highest BCUT2D eigenvalue weighted by atomic mass is 16.5. The summed E-state index contributed by atoms with van der Waals surface area (Å²) >= 11 is 0. The van der Waals surface area contributed by atoms with Crippen molar-refractivity contribution < 1.29 is 9.84 Å². The number of β-amino-alcohol motifs (C(OH)–C–C–N with tert-alkyl or cyclic N) is 1. The van der Waals surface area contributed by atoms with Gasteiger partial charge in [-0.1, -0.05) is 12.1 Å². The Morgan fingerprint density at radius 3 is 2.61 bits per heavy atom. The second kappa shape index (κ2) is 6.16. The van der Waals surface area contributed by atoms with Crippen LogP contribution >= 0.6 is 0 Å². The standard InChI is InChI=1S/C18H23N3O2/c1-13-5-4-6-16(9-13)23-12-18(22)7-8-21(11-18)17-19-14(2)10-15(3)20-17/h4-6,9-10,22H,7-8,11-12H2,1-3H3/t18-/m1/s1. The van der Waals surface area contributed by atoms with Crippen molar-refractivity contribution in [3.63, 3.8) is 0 Å². The summed E-state index contributed by atoms with van der Waals surface area (Å²) in [6.45, 7) is 7.44. The minimum absolute atomic E-state index is 0.276. The lowest BCUT2D eigenvalue weighted by atomic mass is 10.1. The summed E-state index contributed by atoms with van der Waals surface area (Å²) in [5.74, 6) is 1.48. The van der Waals surface area contributed by atoms with Gasteiger partial charge in [0, 0.05) is 17.9 Å². The Morgan fingerprint density at radius 2 is 1.91 bits per heavy atom. The zero-order chi connectivity index (χ0) is 16.4. The zero-order valence-electron chi connectivity index (χ0n) is 13.9. The van der Waals surface area contributed by atoms with E-state index in [1.54, 1.807) is 0 Å². The molecular weight excluding hydrogens is 290 g/mol. The minimum atomic E-state index is -0.870. The van der Waals surface area contributed by atoms with Crippen LogP contribution in [0.25, 0.3) is 0 Å². The molecule has 1 aliphatic rings. The molecule has 0 amide bonds. The van der Waals surface area contributed by atoms with Gasteiger partial charge < -0.3 is 14.7 Å². The summed E-state index contributed by atoms with van der Waals surface area (Å²) in [5.41, 5.74) is 2.16. The van der Waals surface area contributed by atoms with Crippen LogP contribution in [0.3, 0.4) is 0 Å². The van der Waals surface area contributed by atoms with E-state index in [-0.39, 0.29) is 6.61 Å². The third-order valence-electron chi connectivity index (χ3n) is 4.08. The Balaban J connectivity index is 1.65. The van der Waals surface area contributed by atoms with E-state index >= 15 is 0 Å². The number of aromatic nitrogens is 2. The van der Waals surface area contributed by atoms with Gasteiger partial charge in [-0.25, -0.2) is 9.97 Å². The van der Waals surface area contributed by atoms with Crippen LogP contribution in [0.5, 0.6) is 5.75 Å². The number of rotatable bonds is 4. The molecule has 23 heavy (non-hydrogen) atoms. The largest absolute Gasteiger partial charge is 0.491 e. The fourth-order valence-corrected chi connectivity index (χ4v) is 2.92. The molecule has 0 saturated carbocycles. The molecule has 0 unspecified atom stereocenters. The molecule has 1 fully saturated rings. The van der Waals surface area contributed by atoms with E-state index in [0.717, 1.165) is 29.2 Å². The van der Waals surface area contributed by atoms with Gasteiger partial charge in [0.05, 0.1) is 6.54 Å². The van der Waals surface area contributed by atoms with Crippen molar-refractivity contribution in [2.45, 2.75) is 32.8 Å². The first-order valence-corrected chi connectivity index (χ1v) is 7.93. The summed E-state index contributed by atoms with van der Waals surface area (Å²) < 4.78 is 5.79. The molecule has 1 atom stereocenters. The number of aliphatic hydroxyl groups is 1. The molecule has 1 aliphatic heterocycles. The van der Waals surface area contributed by atoms with Crippen molar-refractivity contribution in [3.05, 3.63) is 47.3 Å². The highest BCUT2D eigenvalue weighted by Crippen LogP contribution is 2.26. The van der Waals surface area contributed by atoms with E-state index in [2.05, 4.69) is 9.97 Å². The molecule has 2 aromatic rings. The number of aryl methyl sites for hydroxylation is 3. The summed E-state index contributed by atoms with van der Waals surface area (Å²) in [6.07, 6.45) is 0.648. The maximum absolute atomic E-state index is 10.8. The summed E-state index contributed by atoms with van der Waals surface area (Å²) in [7, 11) is 0. The van der Waals surface area contributed by atoms with E-state index in [4.69, 9.17) is 4.74 Å². The molecule has 1 N–H and O–H groups in total. The molecule has 0 radical (unpaired) electrons. The Bertz CT molecular complexity index is 684. The fourth-order valence-electron chi connectivity index (χ4n) is 2.92. The van der Waals surface area contributed by atoms with Gasteiger partial charge in [-0.3, -0.25) is 0 Å². The zero-order valence-corrected chi connectivity index (χ0v) is 13.9. The second-order valence-corrected chi connectivity index (χ2v) is 6.45. The van der Waals surface area contributed by atoms with Crippen LogP contribution < -0.4 is 9.64 Å². The van der Waals surface area contributed by atoms with E-state index in [1.807, 2.05) is 56.0 Å². The van der Waals surface area contributed by atoms with Crippen LogP contribution in [-0.2, 0) is 0 Å². The first-order chi connectivity index (χ1) is 10.9. The molecular formula is C18H23N3O2. The highest BCUT2D eigenvalue weighted by molar-refractivity contribution is 5.35. The topological polar surface area (TPSA) is 58.5 Å². The van der Waals surface area contributed by atoms with Gasteiger partial charge in [0.2, 0.25) is 5.95 Å². The summed E-state index contributed by atoms with van der Waals surface area (Å²) in [6, 6.07) is 9.82. The third-order valence-corrected chi connectivity index (χ3v) is 4.08. The molecule has 2 heterocycles. The van der Waals surface area contributed by atoms with Crippen molar-refractivity contribution in [1.29, 1.82) is 0 Å². The molecule has 122 valence electrons. The highest BCUT2D eigenvalue weighted by Gasteiger charge is 2.38. The molecule has 0 spiro atoms. The molecule has 0 bridgehead atoms. The maximum atomic E-state index is 10.8. The maximum Gasteiger partial charge on any atom is 0.225 e. The van der Waals surface area contributed by atoms with Gasteiger partial charge in [0.1, 0.15) is 18.0 Å².